The molecule has 0 bridgehead atoms. The molecule has 7 heteroatoms. The average molecular weight is 347 g/mol. The standard InChI is InChI=1S/C16H34N4O2S/c1-16(2,20-23(4,21)22)13-19-15(17-3)18-12-8-11-14-9-6-5-7-10-14/h14,20H,5-13H2,1-4H3,(H2,17,18,19). The van der Waals surface area contributed by atoms with Crippen molar-refractivity contribution in [2.45, 2.75) is 64.3 Å². The number of guanidine groups is 1. The van der Waals surface area contributed by atoms with E-state index >= 15 is 0 Å². The molecule has 3 N–H and O–H groups in total. The zero-order valence-corrected chi connectivity index (χ0v) is 15.9. The summed E-state index contributed by atoms with van der Waals surface area (Å²) in [5, 5.41) is 6.49. The smallest absolute Gasteiger partial charge is 0.209 e. The van der Waals surface area contributed by atoms with Gasteiger partial charge in [0.05, 0.1) is 6.26 Å². The molecule has 1 aliphatic rings. The minimum atomic E-state index is -3.22. The van der Waals surface area contributed by atoms with Gasteiger partial charge >= 0.3 is 0 Å². The van der Waals surface area contributed by atoms with Crippen LogP contribution in [-0.4, -0.2) is 46.3 Å². The van der Waals surface area contributed by atoms with Crippen LogP contribution in [0, 0.1) is 5.92 Å². The third kappa shape index (κ3) is 9.81. The van der Waals surface area contributed by atoms with Gasteiger partial charge in [-0.3, -0.25) is 4.99 Å². The molecular weight excluding hydrogens is 312 g/mol. The fourth-order valence-electron chi connectivity index (χ4n) is 3.14. The van der Waals surface area contributed by atoms with E-state index in [4.69, 9.17) is 0 Å². The molecule has 0 spiro atoms. The van der Waals surface area contributed by atoms with Crippen molar-refractivity contribution in [3.05, 3.63) is 0 Å². The van der Waals surface area contributed by atoms with E-state index in [1.807, 2.05) is 13.8 Å². The van der Waals surface area contributed by atoms with E-state index in [-0.39, 0.29) is 0 Å². The minimum Gasteiger partial charge on any atom is -0.356 e. The number of nitrogens with zero attached hydrogens (tertiary/aromatic N) is 1. The third-order valence-electron chi connectivity index (χ3n) is 4.19. The maximum Gasteiger partial charge on any atom is 0.209 e. The van der Waals surface area contributed by atoms with Gasteiger partial charge in [-0.1, -0.05) is 32.1 Å². The van der Waals surface area contributed by atoms with E-state index in [1.54, 1.807) is 7.05 Å². The van der Waals surface area contributed by atoms with Crippen LogP contribution in [0.4, 0.5) is 0 Å². The minimum absolute atomic E-state index is 0.475. The summed E-state index contributed by atoms with van der Waals surface area (Å²) in [7, 11) is -1.49. The molecule has 0 aromatic rings. The zero-order chi connectivity index (χ0) is 17.3. The van der Waals surface area contributed by atoms with Crippen molar-refractivity contribution in [3.8, 4) is 0 Å². The van der Waals surface area contributed by atoms with E-state index < -0.39 is 15.6 Å². The first-order valence-corrected chi connectivity index (χ1v) is 10.5. The topological polar surface area (TPSA) is 82.6 Å². The highest BCUT2D eigenvalue weighted by molar-refractivity contribution is 7.88. The lowest BCUT2D eigenvalue weighted by molar-refractivity contribution is 0.332. The molecule has 0 aliphatic heterocycles. The van der Waals surface area contributed by atoms with E-state index in [1.165, 1.54) is 44.8 Å². The molecule has 0 unspecified atom stereocenters. The van der Waals surface area contributed by atoms with Crippen LogP contribution in [0.2, 0.25) is 0 Å². The summed E-state index contributed by atoms with van der Waals surface area (Å²) in [5.41, 5.74) is -0.562. The molecule has 0 radical (unpaired) electrons. The molecule has 0 aromatic carbocycles. The number of aliphatic imine (C=N–C) groups is 1. The zero-order valence-electron chi connectivity index (χ0n) is 15.1. The Labute approximate surface area is 142 Å². The molecule has 0 saturated heterocycles. The molecule has 136 valence electrons. The predicted octanol–water partition coefficient (Wildman–Crippen LogP) is 1.84. The number of sulfonamides is 1. The van der Waals surface area contributed by atoms with E-state index in [0.717, 1.165) is 24.8 Å². The van der Waals surface area contributed by atoms with Crippen molar-refractivity contribution in [1.29, 1.82) is 0 Å². The molecule has 0 atom stereocenters. The molecule has 1 fully saturated rings. The van der Waals surface area contributed by atoms with Crippen LogP contribution in [0.25, 0.3) is 0 Å². The second-order valence-electron chi connectivity index (χ2n) is 7.26. The van der Waals surface area contributed by atoms with Crippen molar-refractivity contribution in [2.24, 2.45) is 10.9 Å². The number of nitrogens with one attached hydrogen (secondary N) is 3. The quantitative estimate of drug-likeness (QED) is 0.356. The lowest BCUT2D eigenvalue weighted by Gasteiger charge is -2.26. The van der Waals surface area contributed by atoms with Crippen molar-refractivity contribution >= 4 is 16.0 Å². The van der Waals surface area contributed by atoms with Crippen LogP contribution in [-0.2, 0) is 10.0 Å². The van der Waals surface area contributed by atoms with Gasteiger partial charge in [0.15, 0.2) is 5.96 Å². The van der Waals surface area contributed by atoms with Crippen LogP contribution in [0.15, 0.2) is 4.99 Å². The summed E-state index contributed by atoms with van der Waals surface area (Å²) in [5.74, 6) is 1.62. The molecule has 0 aromatic heterocycles. The maximum absolute atomic E-state index is 11.3. The lowest BCUT2D eigenvalue weighted by Crippen LogP contribution is -2.53. The molecule has 1 aliphatic carbocycles. The first kappa shape index (κ1) is 20.2. The van der Waals surface area contributed by atoms with Crippen molar-refractivity contribution in [2.75, 3.05) is 26.4 Å². The van der Waals surface area contributed by atoms with Gasteiger partial charge in [-0.15, -0.1) is 0 Å². The largest absolute Gasteiger partial charge is 0.356 e. The summed E-state index contributed by atoms with van der Waals surface area (Å²) >= 11 is 0. The number of rotatable bonds is 8. The Kier molecular flexibility index (Phi) is 8.33. The first-order chi connectivity index (χ1) is 10.7. The average Bonchev–Trinajstić information content (AvgIpc) is 2.45. The fourth-order valence-corrected chi connectivity index (χ4v) is 4.21. The van der Waals surface area contributed by atoms with E-state index in [2.05, 4.69) is 20.3 Å². The highest BCUT2D eigenvalue weighted by Crippen LogP contribution is 2.26. The Balaban J connectivity index is 2.23. The van der Waals surface area contributed by atoms with Crippen LogP contribution < -0.4 is 15.4 Å². The Morgan fingerprint density at radius 1 is 1.17 bits per heavy atom. The molecule has 0 heterocycles. The summed E-state index contributed by atoms with van der Waals surface area (Å²) in [6, 6.07) is 0. The van der Waals surface area contributed by atoms with Gasteiger partial charge in [0.25, 0.3) is 0 Å². The normalized spacial score (nSPS) is 18.0. The Morgan fingerprint density at radius 3 is 2.39 bits per heavy atom. The van der Waals surface area contributed by atoms with Gasteiger partial charge in [-0.2, -0.15) is 0 Å². The van der Waals surface area contributed by atoms with Crippen LogP contribution in [0.5, 0.6) is 0 Å². The van der Waals surface area contributed by atoms with Gasteiger partial charge in [0.1, 0.15) is 0 Å². The Morgan fingerprint density at radius 2 is 1.83 bits per heavy atom. The molecule has 1 rings (SSSR count). The van der Waals surface area contributed by atoms with Crippen molar-refractivity contribution in [1.82, 2.24) is 15.4 Å². The SMILES string of the molecule is CN=C(NCCCC1CCCCC1)NCC(C)(C)NS(C)(=O)=O. The van der Waals surface area contributed by atoms with Gasteiger partial charge in [0.2, 0.25) is 10.0 Å². The number of hydrogen-bond acceptors (Lipinski definition) is 3. The predicted molar refractivity (Wildman–Crippen MR) is 97.2 cm³/mol. The van der Waals surface area contributed by atoms with Gasteiger partial charge in [-0.25, -0.2) is 13.1 Å². The summed E-state index contributed by atoms with van der Waals surface area (Å²) in [6.07, 6.45) is 10.6. The van der Waals surface area contributed by atoms with Gasteiger partial charge in [-0.05, 0) is 32.6 Å². The van der Waals surface area contributed by atoms with Crippen molar-refractivity contribution in [3.63, 3.8) is 0 Å². The monoisotopic (exact) mass is 346 g/mol. The highest BCUT2D eigenvalue weighted by Gasteiger charge is 2.22. The van der Waals surface area contributed by atoms with Crippen LogP contribution in [0.1, 0.15) is 58.8 Å². The van der Waals surface area contributed by atoms with Crippen LogP contribution >= 0.6 is 0 Å². The molecule has 23 heavy (non-hydrogen) atoms. The Hall–Kier alpha value is -0.820. The maximum atomic E-state index is 11.3. The highest BCUT2D eigenvalue weighted by atomic mass is 32.2. The third-order valence-corrected chi connectivity index (χ3v) is 5.11. The lowest BCUT2D eigenvalue weighted by atomic mass is 9.86. The second-order valence-corrected chi connectivity index (χ2v) is 9.01. The first-order valence-electron chi connectivity index (χ1n) is 8.65. The summed E-state index contributed by atoms with van der Waals surface area (Å²) in [6.45, 7) is 5.06. The van der Waals surface area contributed by atoms with E-state index in [0.29, 0.717) is 6.54 Å². The number of hydrogen-bond donors (Lipinski definition) is 3. The summed E-state index contributed by atoms with van der Waals surface area (Å²) in [4.78, 5) is 4.19. The molecular formula is C16H34N4O2S. The molecule has 1 saturated carbocycles. The Bertz CT molecular complexity index is 468. The van der Waals surface area contributed by atoms with Gasteiger partial charge < -0.3 is 10.6 Å². The van der Waals surface area contributed by atoms with Gasteiger partial charge in [0, 0.05) is 25.7 Å². The molecule has 6 nitrogen and oxygen atoms in total. The van der Waals surface area contributed by atoms with Crippen molar-refractivity contribution < 1.29 is 8.42 Å². The fraction of sp³-hybridized carbons (Fsp3) is 0.938. The van der Waals surface area contributed by atoms with E-state index in [9.17, 15) is 8.42 Å². The second kappa shape index (κ2) is 9.47. The summed E-state index contributed by atoms with van der Waals surface area (Å²) < 4.78 is 25.3. The molecule has 0 amide bonds. The van der Waals surface area contributed by atoms with Crippen LogP contribution in [0.3, 0.4) is 0 Å².